The second-order valence-corrected chi connectivity index (χ2v) is 6.08. The maximum Gasteiger partial charge on any atom is 0.246 e. The van der Waals surface area contributed by atoms with E-state index in [2.05, 4.69) is 20.3 Å². The van der Waals surface area contributed by atoms with Gasteiger partial charge in [-0.05, 0) is 12.5 Å². The van der Waals surface area contributed by atoms with Crippen LogP contribution in [-0.4, -0.2) is 44.8 Å². The molecule has 2 aromatic rings. The summed E-state index contributed by atoms with van der Waals surface area (Å²) in [5, 5.41) is 5.13. The highest BCUT2D eigenvalue weighted by atomic mass is 32.1. The van der Waals surface area contributed by atoms with E-state index in [-0.39, 0.29) is 17.7 Å². The molecule has 1 N–H and O–H groups in total. The van der Waals surface area contributed by atoms with Gasteiger partial charge in [0, 0.05) is 43.1 Å². The summed E-state index contributed by atoms with van der Waals surface area (Å²) in [5.74, 6) is -0.404. The Morgan fingerprint density at radius 1 is 1.30 bits per heavy atom. The van der Waals surface area contributed by atoms with Gasteiger partial charge in [-0.2, -0.15) is 0 Å². The van der Waals surface area contributed by atoms with Crippen molar-refractivity contribution < 1.29 is 9.59 Å². The SMILES string of the molecule is C/C(=C\C(=O)N1CC(C(=O)Nc2nccs2)C1)c1cnccn1. The third kappa shape index (κ3) is 3.59. The first-order valence-corrected chi connectivity index (χ1v) is 7.95. The van der Waals surface area contributed by atoms with Crippen molar-refractivity contribution in [3.63, 3.8) is 0 Å². The maximum atomic E-state index is 12.2. The number of hydrogen-bond acceptors (Lipinski definition) is 6. The number of likely N-dealkylation sites (tertiary alicyclic amines) is 1. The third-order valence-corrected chi connectivity index (χ3v) is 4.22. The fourth-order valence-corrected chi connectivity index (χ4v) is 2.70. The van der Waals surface area contributed by atoms with E-state index in [0.717, 1.165) is 5.57 Å². The minimum absolute atomic E-state index is 0.0985. The summed E-state index contributed by atoms with van der Waals surface area (Å²) in [4.78, 5) is 37.9. The Balaban J connectivity index is 1.53. The number of anilines is 1. The molecule has 0 atom stereocenters. The molecule has 2 aromatic heterocycles. The Morgan fingerprint density at radius 3 is 2.78 bits per heavy atom. The van der Waals surface area contributed by atoms with Gasteiger partial charge >= 0.3 is 0 Å². The van der Waals surface area contributed by atoms with E-state index in [9.17, 15) is 9.59 Å². The van der Waals surface area contributed by atoms with E-state index in [1.807, 2.05) is 6.92 Å². The van der Waals surface area contributed by atoms with Crippen molar-refractivity contribution >= 4 is 33.9 Å². The number of amides is 2. The maximum absolute atomic E-state index is 12.2. The first-order valence-electron chi connectivity index (χ1n) is 7.07. The molecule has 3 heterocycles. The van der Waals surface area contributed by atoms with Crippen LogP contribution in [-0.2, 0) is 9.59 Å². The van der Waals surface area contributed by atoms with Gasteiger partial charge in [0.25, 0.3) is 0 Å². The van der Waals surface area contributed by atoms with Crippen molar-refractivity contribution in [3.05, 3.63) is 41.9 Å². The Hall–Kier alpha value is -2.61. The summed E-state index contributed by atoms with van der Waals surface area (Å²) >= 11 is 1.37. The van der Waals surface area contributed by atoms with Crippen LogP contribution in [0, 0.1) is 5.92 Å². The highest BCUT2D eigenvalue weighted by Gasteiger charge is 2.35. The van der Waals surface area contributed by atoms with Gasteiger partial charge in [0.2, 0.25) is 11.8 Å². The van der Waals surface area contributed by atoms with Gasteiger partial charge in [-0.25, -0.2) is 4.98 Å². The lowest BCUT2D eigenvalue weighted by Crippen LogP contribution is -2.54. The minimum atomic E-state index is -0.187. The standard InChI is InChI=1S/C15H15N5O2S/c1-10(12-7-16-2-3-17-12)6-13(21)20-8-11(9-20)14(22)19-15-18-4-5-23-15/h2-7,11H,8-9H2,1H3,(H,18,19,22)/b10-6+. The smallest absolute Gasteiger partial charge is 0.246 e. The molecule has 1 aliphatic heterocycles. The second-order valence-electron chi connectivity index (χ2n) is 5.18. The predicted octanol–water partition coefficient (Wildman–Crippen LogP) is 1.43. The molecule has 0 saturated carbocycles. The van der Waals surface area contributed by atoms with E-state index in [4.69, 9.17) is 0 Å². The molecule has 1 saturated heterocycles. The zero-order valence-corrected chi connectivity index (χ0v) is 13.3. The number of nitrogens with zero attached hydrogens (tertiary/aromatic N) is 4. The number of thiazole rings is 1. The van der Waals surface area contributed by atoms with Crippen molar-refractivity contribution in [1.29, 1.82) is 0 Å². The average Bonchev–Trinajstić information content (AvgIpc) is 2.99. The van der Waals surface area contributed by atoms with Gasteiger partial charge in [0.05, 0.1) is 17.8 Å². The van der Waals surface area contributed by atoms with Gasteiger partial charge in [0.1, 0.15) is 0 Å². The number of carbonyl (C=O) groups is 2. The summed E-state index contributed by atoms with van der Waals surface area (Å²) in [7, 11) is 0. The first-order chi connectivity index (χ1) is 11.1. The molecule has 0 bridgehead atoms. The molecule has 3 rings (SSSR count). The highest BCUT2D eigenvalue weighted by Crippen LogP contribution is 2.20. The van der Waals surface area contributed by atoms with Crippen LogP contribution in [0.3, 0.4) is 0 Å². The largest absolute Gasteiger partial charge is 0.337 e. The molecule has 118 valence electrons. The zero-order chi connectivity index (χ0) is 16.2. The van der Waals surface area contributed by atoms with Gasteiger partial charge < -0.3 is 10.2 Å². The summed E-state index contributed by atoms with van der Waals surface area (Å²) in [6.45, 7) is 2.65. The van der Waals surface area contributed by atoms with Crippen LogP contribution in [0.4, 0.5) is 5.13 Å². The van der Waals surface area contributed by atoms with E-state index >= 15 is 0 Å². The van der Waals surface area contributed by atoms with Crippen molar-refractivity contribution in [3.8, 4) is 0 Å². The Labute approximate surface area is 137 Å². The van der Waals surface area contributed by atoms with Gasteiger partial charge in [-0.15, -0.1) is 11.3 Å². The Morgan fingerprint density at radius 2 is 2.13 bits per heavy atom. The molecular formula is C15H15N5O2S. The Bertz CT molecular complexity index is 724. The normalized spacial score (nSPS) is 15.2. The van der Waals surface area contributed by atoms with E-state index in [1.54, 1.807) is 35.1 Å². The van der Waals surface area contributed by atoms with E-state index in [0.29, 0.717) is 23.9 Å². The molecule has 0 radical (unpaired) electrons. The third-order valence-electron chi connectivity index (χ3n) is 3.53. The van der Waals surface area contributed by atoms with Crippen molar-refractivity contribution in [1.82, 2.24) is 19.9 Å². The molecule has 0 unspecified atom stereocenters. The number of aromatic nitrogens is 3. The van der Waals surface area contributed by atoms with Crippen molar-refractivity contribution in [2.24, 2.45) is 5.92 Å². The lowest BCUT2D eigenvalue weighted by Gasteiger charge is -2.37. The molecular weight excluding hydrogens is 314 g/mol. The fraction of sp³-hybridized carbons (Fsp3) is 0.267. The van der Waals surface area contributed by atoms with Gasteiger partial charge in [0.15, 0.2) is 5.13 Å². The zero-order valence-electron chi connectivity index (χ0n) is 12.5. The predicted molar refractivity (Wildman–Crippen MR) is 86.5 cm³/mol. The minimum Gasteiger partial charge on any atom is -0.337 e. The quantitative estimate of drug-likeness (QED) is 0.857. The molecule has 8 heteroatoms. The van der Waals surface area contributed by atoms with Crippen LogP contribution in [0.2, 0.25) is 0 Å². The lowest BCUT2D eigenvalue weighted by atomic mass is 9.99. The summed E-state index contributed by atoms with van der Waals surface area (Å²) in [6.07, 6.45) is 7.94. The number of nitrogens with one attached hydrogen (secondary N) is 1. The summed E-state index contributed by atoms with van der Waals surface area (Å²) < 4.78 is 0. The molecule has 7 nitrogen and oxygen atoms in total. The van der Waals surface area contributed by atoms with Crippen molar-refractivity contribution in [2.75, 3.05) is 18.4 Å². The van der Waals surface area contributed by atoms with Gasteiger partial charge in [-0.3, -0.25) is 19.6 Å². The number of rotatable bonds is 4. The summed E-state index contributed by atoms with van der Waals surface area (Å²) in [6, 6.07) is 0. The van der Waals surface area contributed by atoms with Crippen molar-refractivity contribution in [2.45, 2.75) is 6.92 Å². The van der Waals surface area contributed by atoms with Crippen LogP contribution >= 0.6 is 11.3 Å². The summed E-state index contributed by atoms with van der Waals surface area (Å²) in [5.41, 5.74) is 1.42. The van der Waals surface area contributed by atoms with E-state index in [1.165, 1.54) is 17.4 Å². The van der Waals surface area contributed by atoms with Crippen LogP contribution < -0.4 is 5.32 Å². The van der Waals surface area contributed by atoms with Crippen LogP contribution in [0.15, 0.2) is 36.2 Å². The molecule has 0 aliphatic carbocycles. The molecule has 0 spiro atoms. The molecule has 0 aromatic carbocycles. The second kappa shape index (κ2) is 6.66. The van der Waals surface area contributed by atoms with Crippen LogP contribution in [0.25, 0.3) is 5.57 Å². The molecule has 23 heavy (non-hydrogen) atoms. The Kier molecular flexibility index (Phi) is 4.42. The fourth-order valence-electron chi connectivity index (χ4n) is 2.17. The van der Waals surface area contributed by atoms with Crippen LogP contribution in [0.1, 0.15) is 12.6 Å². The lowest BCUT2D eigenvalue weighted by molar-refractivity contribution is -0.137. The number of allylic oxidation sites excluding steroid dienone is 1. The monoisotopic (exact) mass is 329 g/mol. The number of carbonyl (C=O) groups excluding carboxylic acids is 2. The van der Waals surface area contributed by atoms with E-state index < -0.39 is 0 Å². The highest BCUT2D eigenvalue weighted by molar-refractivity contribution is 7.13. The number of hydrogen-bond donors (Lipinski definition) is 1. The van der Waals surface area contributed by atoms with Gasteiger partial charge in [-0.1, -0.05) is 0 Å². The molecule has 2 amide bonds. The topological polar surface area (TPSA) is 88.1 Å². The average molecular weight is 329 g/mol. The first kappa shape index (κ1) is 15.3. The molecule has 1 fully saturated rings. The van der Waals surface area contributed by atoms with Crippen LogP contribution in [0.5, 0.6) is 0 Å². The molecule has 1 aliphatic rings.